The monoisotopic (exact) mass is 320 g/mol. The molecular formula is C17H18F2N2O2. The molecule has 122 valence electrons. The van der Waals surface area contributed by atoms with Crippen LogP contribution in [0.3, 0.4) is 0 Å². The van der Waals surface area contributed by atoms with Crippen molar-refractivity contribution >= 4 is 5.91 Å². The van der Waals surface area contributed by atoms with E-state index in [0.717, 1.165) is 6.07 Å². The number of carbonyl (C=O) groups excluding carboxylic acids is 1. The molecule has 1 fully saturated rings. The van der Waals surface area contributed by atoms with Gasteiger partial charge in [-0.1, -0.05) is 12.1 Å². The number of aryl methyl sites for hydroxylation is 1. The highest BCUT2D eigenvalue weighted by molar-refractivity contribution is 5.95. The average Bonchev–Trinajstić information content (AvgIpc) is 2.98. The van der Waals surface area contributed by atoms with Gasteiger partial charge in [-0.25, -0.2) is 8.78 Å². The molecule has 0 N–H and O–H groups in total. The Labute approximate surface area is 133 Å². The highest BCUT2D eigenvalue weighted by Gasteiger charge is 2.24. The molecule has 0 aliphatic carbocycles. The molecule has 0 radical (unpaired) electrons. The van der Waals surface area contributed by atoms with Gasteiger partial charge in [-0.2, -0.15) is 0 Å². The Bertz CT molecular complexity index is 706. The van der Waals surface area contributed by atoms with E-state index in [1.165, 1.54) is 12.3 Å². The molecule has 4 nitrogen and oxygen atoms in total. The zero-order valence-corrected chi connectivity index (χ0v) is 12.9. The molecular weight excluding hydrogens is 302 g/mol. The van der Waals surface area contributed by atoms with Crippen LogP contribution in [0.15, 0.2) is 34.9 Å². The van der Waals surface area contributed by atoms with Crippen LogP contribution in [0.4, 0.5) is 8.78 Å². The second kappa shape index (κ2) is 6.50. The van der Waals surface area contributed by atoms with E-state index in [1.807, 2.05) is 4.90 Å². The number of hydrogen-bond acceptors (Lipinski definition) is 3. The third-order valence-electron chi connectivity index (χ3n) is 4.17. The second-order valence-corrected chi connectivity index (χ2v) is 5.67. The van der Waals surface area contributed by atoms with Crippen LogP contribution in [0.5, 0.6) is 0 Å². The molecule has 3 rings (SSSR count). The first-order valence-electron chi connectivity index (χ1n) is 7.55. The van der Waals surface area contributed by atoms with E-state index in [4.69, 9.17) is 4.42 Å². The molecule has 1 aromatic heterocycles. The van der Waals surface area contributed by atoms with Crippen molar-refractivity contribution in [3.05, 3.63) is 59.1 Å². The van der Waals surface area contributed by atoms with E-state index < -0.39 is 11.6 Å². The third-order valence-corrected chi connectivity index (χ3v) is 4.17. The molecule has 1 aromatic carbocycles. The van der Waals surface area contributed by atoms with Crippen LogP contribution >= 0.6 is 0 Å². The summed E-state index contributed by atoms with van der Waals surface area (Å²) in [6.45, 7) is 4.46. The summed E-state index contributed by atoms with van der Waals surface area (Å²) in [5.41, 5.74) is 0.921. The van der Waals surface area contributed by atoms with Crippen molar-refractivity contribution in [1.29, 1.82) is 0 Å². The van der Waals surface area contributed by atoms with Gasteiger partial charge in [0.2, 0.25) is 0 Å². The van der Waals surface area contributed by atoms with Gasteiger partial charge < -0.3 is 9.32 Å². The number of furan rings is 1. The Hall–Kier alpha value is -2.21. The Morgan fingerprint density at radius 2 is 1.91 bits per heavy atom. The number of piperazine rings is 1. The Morgan fingerprint density at radius 3 is 2.57 bits per heavy atom. The van der Waals surface area contributed by atoms with Crippen LogP contribution in [-0.4, -0.2) is 41.9 Å². The average molecular weight is 320 g/mol. The molecule has 0 spiro atoms. The molecule has 0 atom stereocenters. The van der Waals surface area contributed by atoms with Crippen LogP contribution in [0.25, 0.3) is 0 Å². The molecule has 2 heterocycles. The maximum Gasteiger partial charge on any atom is 0.257 e. The molecule has 1 aliphatic heterocycles. The number of carbonyl (C=O) groups is 1. The fraction of sp³-hybridized carbons (Fsp3) is 0.353. The predicted molar refractivity (Wildman–Crippen MR) is 81.0 cm³/mol. The van der Waals surface area contributed by atoms with Gasteiger partial charge in [0.05, 0.1) is 11.8 Å². The number of nitrogens with zero attached hydrogens (tertiary/aromatic N) is 2. The first-order chi connectivity index (χ1) is 11.1. The van der Waals surface area contributed by atoms with Crippen molar-refractivity contribution in [3.63, 3.8) is 0 Å². The Kier molecular flexibility index (Phi) is 4.43. The summed E-state index contributed by atoms with van der Waals surface area (Å²) in [6, 6.07) is 5.88. The standard InChI is InChI=1S/C17H18F2N2O2/c1-12-14(5-10-23-12)17(22)21-8-6-20(7-9-21)11-13-3-2-4-15(18)16(13)19/h2-5,10H,6-9,11H2,1H3. The van der Waals surface area contributed by atoms with Crippen molar-refractivity contribution < 1.29 is 18.0 Å². The predicted octanol–water partition coefficient (Wildman–Crippen LogP) is 2.82. The van der Waals surface area contributed by atoms with Gasteiger partial charge >= 0.3 is 0 Å². The summed E-state index contributed by atoms with van der Waals surface area (Å²) >= 11 is 0. The minimum Gasteiger partial charge on any atom is -0.469 e. The first kappa shape index (κ1) is 15.7. The quantitative estimate of drug-likeness (QED) is 0.872. The van der Waals surface area contributed by atoms with Gasteiger partial charge in [0.15, 0.2) is 11.6 Å². The Balaban J connectivity index is 1.59. The largest absolute Gasteiger partial charge is 0.469 e. The summed E-state index contributed by atoms with van der Waals surface area (Å²) in [5.74, 6) is -1.06. The lowest BCUT2D eigenvalue weighted by atomic mass is 10.1. The lowest BCUT2D eigenvalue weighted by molar-refractivity contribution is 0.0625. The Morgan fingerprint density at radius 1 is 1.17 bits per heavy atom. The fourth-order valence-electron chi connectivity index (χ4n) is 2.80. The number of amides is 1. The number of halogens is 2. The van der Waals surface area contributed by atoms with Crippen LogP contribution in [0.1, 0.15) is 21.7 Å². The first-order valence-corrected chi connectivity index (χ1v) is 7.55. The summed E-state index contributed by atoms with van der Waals surface area (Å²) in [5, 5.41) is 0. The summed E-state index contributed by atoms with van der Waals surface area (Å²) in [7, 11) is 0. The van der Waals surface area contributed by atoms with E-state index in [1.54, 1.807) is 24.0 Å². The maximum absolute atomic E-state index is 13.7. The van der Waals surface area contributed by atoms with E-state index in [2.05, 4.69) is 0 Å². The lowest BCUT2D eigenvalue weighted by Crippen LogP contribution is -2.48. The lowest BCUT2D eigenvalue weighted by Gasteiger charge is -2.34. The molecule has 0 bridgehead atoms. The highest BCUT2D eigenvalue weighted by Crippen LogP contribution is 2.17. The topological polar surface area (TPSA) is 36.7 Å². The number of rotatable bonds is 3. The summed E-state index contributed by atoms with van der Waals surface area (Å²) < 4.78 is 32.1. The molecule has 1 amide bonds. The van der Waals surface area contributed by atoms with E-state index in [9.17, 15) is 13.6 Å². The number of hydrogen-bond donors (Lipinski definition) is 0. The van der Waals surface area contributed by atoms with E-state index in [0.29, 0.717) is 49.6 Å². The second-order valence-electron chi connectivity index (χ2n) is 5.67. The van der Waals surface area contributed by atoms with Crippen molar-refractivity contribution in [2.24, 2.45) is 0 Å². The van der Waals surface area contributed by atoms with Crippen LogP contribution in [-0.2, 0) is 6.54 Å². The molecule has 2 aromatic rings. The van der Waals surface area contributed by atoms with Crippen molar-refractivity contribution in [1.82, 2.24) is 9.80 Å². The molecule has 6 heteroatoms. The van der Waals surface area contributed by atoms with Crippen LogP contribution in [0, 0.1) is 18.6 Å². The van der Waals surface area contributed by atoms with Gasteiger partial charge in [0.1, 0.15) is 5.76 Å². The molecule has 0 unspecified atom stereocenters. The number of benzene rings is 1. The maximum atomic E-state index is 13.7. The zero-order valence-electron chi connectivity index (χ0n) is 12.9. The normalized spacial score (nSPS) is 15.9. The van der Waals surface area contributed by atoms with E-state index >= 15 is 0 Å². The minimum absolute atomic E-state index is 0.0483. The summed E-state index contributed by atoms with van der Waals surface area (Å²) in [6.07, 6.45) is 1.51. The molecule has 0 saturated carbocycles. The van der Waals surface area contributed by atoms with Gasteiger partial charge in [-0.3, -0.25) is 9.69 Å². The van der Waals surface area contributed by atoms with Crippen LogP contribution in [0.2, 0.25) is 0 Å². The molecule has 1 saturated heterocycles. The smallest absolute Gasteiger partial charge is 0.257 e. The SMILES string of the molecule is Cc1occc1C(=O)N1CCN(Cc2cccc(F)c2F)CC1. The van der Waals surface area contributed by atoms with Gasteiger partial charge in [-0.15, -0.1) is 0 Å². The highest BCUT2D eigenvalue weighted by atomic mass is 19.2. The van der Waals surface area contributed by atoms with Crippen molar-refractivity contribution in [2.75, 3.05) is 26.2 Å². The molecule has 23 heavy (non-hydrogen) atoms. The zero-order chi connectivity index (χ0) is 16.4. The van der Waals surface area contributed by atoms with Gasteiger partial charge in [0.25, 0.3) is 5.91 Å². The third kappa shape index (κ3) is 3.27. The van der Waals surface area contributed by atoms with Crippen molar-refractivity contribution in [2.45, 2.75) is 13.5 Å². The fourth-order valence-corrected chi connectivity index (χ4v) is 2.80. The van der Waals surface area contributed by atoms with Gasteiger partial charge in [-0.05, 0) is 19.1 Å². The molecule has 1 aliphatic rings. The summed E-state index contributed by atoms with van der Waals surface area (Å²) in [4.78, 5) is 16.2. The van der Waals surface area contributed by atoms with Gasteiger partial charge in [0, 0.05) is 38.3 Å². The minimum atomic E-state index is -0.827. The van der Waals surface area contributed by atoms with Crippen LogP contribution < -0.4 is 0 Å². The van der Waals surface area contributed by atoms with Crippen molar-refractivity contribution in [3.8, 4) is 0 Å². The van der Waals surface area contributed by atoms with E-state index in [-0.39, 0.29) is 5.91 Å².